The summed E-state index contributed by atoms with van der Waals surface area (Å²) in [7, 11) is 0. The van der Waals surface area contributed by atoms with Gasteiger partial charge < -0.3 is 9.15 Å². The number of hydrogen-bond acceptors (Lipinski definition) is 4. The Morgan fingerprint density at radius 1 is 1.36 bits per heavy atom. The second-order valence-electron chi connectivity index (χ2n) is 5.63. The van der Waals surface area contributed by atoms with Gasteiger partial charge in [-0.3, -0.25) is 4.79 Å². The molecule has 0 radical (unpaired) electrons. The molecule has 1 heterocycles. The molecular weight excluding hydrogens is 280 g/mol. The highest BCUT2D eigenvalue weighted by Gasteiger charge is 2.15. The lowest BCUT2D eigenvalue weighted by Gasteiger charge is -2.15. The van der Waals surface area contributed by atoms with E-state index in [1.165, 1.54) is 6.92 Å². The van der Waals surface area contributed by atoms with E-state index in [0.717, 1.165) is 35.8 Å². The van der Waals surface area contributed by atoms with Gasteiger partial charge in [0.25, 0.3) is 0 Å². The number of Topliss-reactive ketones (excluding diaryl/α,β-unsaturated/α-hetero) is 1. The Hall–Kier alpha value is -2.10. The molecule has 1 atom stereocenters. The molecule has 0 N–H and O–H groups in total. The molecule has 1 unspecified atom stereocenters. The lowest BCUT2D eigenvalue weighted by atomic mass is 10.0. The Kier molecular flexibility index (Phi) is 5.01. The van der Waals surface area contributed by atoms with Crippen LogP contribution in [0.3, 0.4) is 0 Å². The van der Waals surface area contributed by atoms with Crippen molar-refractivity contribution in [2.75, 3.05) is 0 Å². The number of benzene rings is 1. The van der Waals surface area contributed by atoms with Gasteiger partial charge >= 0.3 is 5.63 Å². The van der Waals surface area contributed by atoms with Crippen LogP contribution in [-0.2, 0) is 11.2 Å². The van der Waals surface area contributed by atoms with Crippen LogP contribution in [0.15, 0.2) is 27.4 Å². The maximum atomic E-state index is 11.8. The van der Waals surface area contributed by atoms with Gasteiger partial charge in [-0.1, -0.05) is 13.3 Å². The molecule has 0 aliphatic heterocycles. The standard InChI is InChI=1S/C18H22O4/c1-5-6-7-14-10-17(20)22-18-11(2)16(9-8-15(14)18)21-13(4)12(3)19/h8-10,13H,5-7H2,1-4H3. The van der Waals surface area contributed by atoms with E-state index in [0.29, 0.717) is 11.3 Å². The second kappa shape index (κ2) is 6.77. The third-order valence-electron chi connectivity index (χ3n) is 3.87. The van der Waals surface area contributed by atoms with Crippen molar-refractivity contribution >= 4 is 16.8 Å². The summed E-state index contributed by atoms with van der Waals surface area (Å²) in [5.74, 6) is 0.531. The summed E-state index contributed by atoms with van der Waals surface area (Å²) in [6.45, 7) is 7.16. The molecule has 1 aromatic carbocycles. The van der Waals surface area contributed by atoms with Crippen molar-refractivity contribution in [2.24, 2.45) is 0 Å². The molecule has 2 aromatic rings. The first-order chi connectivity index (χ1) is 10.4. The number of carbonyl (C=O) groups excluding carboxylic acids is 1. The molecule has 1 aromatic heterocycles. The molecule has 0 saturated carbocycles. The van der Waals surface area contributed by atoms with Crippen LogP contribution in [0, 0.1) is 6.92 Å². The quantitative estimate of drug-likeness (QED) is 0.762. The van der Waals surface area contributed by atoms with Crippen molar-refractivity contribution in [2.45, 2.75) is 53.1 Å². The summed E-state index contributed by atoms with van der Waals surface area (Å²) in [6.07, 6.45) is 2.42. The fraction of sp³-hybridized carbons (Fsp3) is 0.444. The minimum absolute atomic E-state index is 0.0438. The van der Waals surface area contributed by atoms with Crippen LogP contribution < -0.4 is 10.4 Å². The van der Waals surface area contributed by atoms with E-state index < -0.39 is 6.10 Å². The van der Waals surface area contributed by atoms with Crippen molar-refractivity contribution in [3.05, 3.63) is 39.7 Å². The highest BCUT2D eigenvalue weighted by atomic mass is 16.5. The van der Waals surface area contributed by atoms with E-state index in [9.17, 15) is 9.59 Å². The van der Waals surface area contributed by atoms with Crippen LogP contribution in [0.5, 0.6) is 5.75 Å². The Bertz CT molecular complexity index is 743. The lowest BCUT2D eigenvalue weighted by Crippen LogP contribution is -2.21. The zero-order chi connectivity index (χ0) is 16.3. The molecule has 0 fully saturated rings. The fourth-order valence-corrected chi connectivity index (χ4v) is 2.38. The summed E-state index contributed by atoms with van der Waals surface area (Å²) in [5, 5.41) is 0.938. The van der Waals surface area contributed by atoms with Crippen molar-refractivity contribution in [3.63, 3.8) is 0 Å². The number of rotatable bonds is 6. The minimum Gasteiger partial charge on any atom is -0.483 e. The first-order valence-corrected chi connectivity index (χ1v) is 7.67. The highest BCUT2D eigenvalue weighted by molar-refractivity contribution is 5.85. The average molecular weight is 302 g/mol. The number of carbonyl (C=O) groups is 1. The number of fused-ring (bicyclic) bond motifs is 1. The topological polar surface area (TPSA) is 56.5 Å². The molecule has 0 bridgehead atoms. The zero-order valence-electron chi connectivity index (χ0n) is 13.6. The molecule has 4 nitrogen and oxygen atoms in total. The van der Waals surface area contributed by atoms with Crippen molar-refractivity contribution < 1.29 is 13.9 Å². The molecular formula is C18H22O4. The predicted molar refractivity (Wildman–Crippen MR) is 86.6 cm³/mol. The van der Waals surface area contributed by atoms with E-state index in [2.05, 4.69) is 6.92 Å². The van der Waals surface area contributed by atoms with Crippen LogP contribution in [0.25, 0.3) is 11.0 Å². The second-order valence-corrected chi connectivity index (χ2v) is 5.63. The van der Waals surface area contributed by atoms with Crippen LogP contribution in [0.2, 0.25) is 0 Å². The third kappa shape index (κ3) is 3.38. The lowest BCUT2D eigenvalue weighted by molar-refractivity contribution is -0.122. The Labute approximate surface area is 130 Å². The summed E-state index contributed by atoms with van der Waals surface area (Å²) in [5.41, 5.74) is 1.95. The smallest absolute Gasteiger partial charge is 0.336 e. The van der Waals surface area contributed by atoms with Crippen molar-refractivity contribution in [3.8, 4) is 5.75 Å². The first-order valence-electron chi connectivity index (χ1n) is 7.67. The normalized spacial score (nSPS) is 12.4. The maximum absolute atomic E-state index is 11.8. The predicted octanol–water partition coefficient (Wildman–Crippen LogP) is 3.80. The van der Waals surface area contributed by atoms with Gasteiger partial charge in [0.15, 0.2) is 11.9 Å². The largest absolute Gasteiger partial charge is 0.483 e. The monoisotopic (exact) mass is 302 g/mol. The van der Waals surface area contributed by atoms with E-state index >= 15 is 0 Å². The summed E-state index contributed by atoms with van der Waals surface area (Å²) >= 11 is 0. The number of unbranched alkanes of at least 4 members (excludes halogenated alkanes) is 1. The molecule has 0 amide bonds. The van der Waals surface area contributed by atoms with E-state index in [4.69, 9.17) is 9.15 Å². The molecule has 0 aliphatic carbocycles. The van der Waals surface area contributed by atoms with Gasteiger partial charge in [-0.25, -0.2) is 4.79 Å². The number of aryl methyl sites for hydroxylation is 2. The van der Waals surface area contributed by atoms with Gasteiger partial charge in [-0.15, -0.1) is 0 Å². The van der Waals surface area contributed by atoms with Gasteiger partial charge in [-0.2, -0.15) is 0 Å². The van der Waals surface area contributed by atoms with Gasteiger partial charge in [0.2, 0.25) is 0 Å². The molecule has 4 heteroatoms. The van der Waals surface area contributed by atoms with Crippen molar-refractivity contribution in [1.82, 2.24) is 0 Å². The van der Waals surface area contributed by atoms with E-state index in [-0.39, 0.29) is 11.4 Å². The maximum Gasteiger partial charge on any atom is 0.336 e. The number of hydrogen-bond donors (Lipinski definition) is 0. The Balaban J connectivity index is 2.51. The van der Waals surface area contributed by atoms with E-state index in [1.807, 2.05) is 19.1 Å². The molecule has 0 aliphatic rings. The third-order valence-corrected chi connectivity index (χ3v) is 3.87. The summed E-state index contributed by atoms with van der Waals surface area (Å²) < 4.78 is 11.0. The Morgan fingerprint density at radius 2 is 2.09 bits per heavy atom. The SMILES string of the molecule is CCCCc1cc(=O)oc2c(C)c(OC(C)C(C)=O)ccc12. The molecule has 0 saturated heterocycles. The van der Waals surface area contributed by atoms with Gasteiger partial charge in [0.1, 0.15) is 11.3 Å². The number of ketones is 1. The van der Waals surface area contributed by atoms with Gasteiger partial charge in [0.05, 0.1) is 0 Å². The Morgan fingerprint density at radius 3 is 2.73 bits per heavy atom. The highest BCUT2D eigenvalue weighted by Crippen LogP contribution is 2.29. The zero-order valence-corrected chi connectivity index (χ0v) is 13.6. The molecule has 0 spiro atoms. The summed E-state index contributed by atoms with van der Waals surface area (Å²) in [6, 6.07) is 5.31. The van der Waals surface area contributed by atoms with Crippen LogP contribution in [0.4, 0.5) is 0 Å². The molecule has 118 valence electrons. The number of ether oxygens (including phenoxy) is 1. The minimum atomic E-state index is -0.522. The summed E-state index contributed by atoms with van der Waals surface area (Å²) in [4.78, 5) is 23.2. The molecule has 22 heavy (non-hydrogen) atoms. The molecule has 2 rings (SSSR count). The van der Waals surface area contributed by atoms with Crippen LogP contribution in [-0.4, -0.2) is 11.9 Å². The van der Waals surface area contributed by atoms with Crippen molar-refractivity contribution in [1.29, 1.82) is 0 Å². The first kappa shape index (κ1) is 16.3. The fourth-order valence-electron chi connectivity index (χ4n) is 2.38. The van der Waals surface area contributed by atoms with Crippen LogP contribution >= 0.6 is 0 Å². The average Bonchev–Trinajstić information content (AvgIpc) is 2.47. The van der Waals surface area contributed by atoms with Crippen LogP contribution in [0.1, 0.15) is 44.7 Å². The van der Waals surface area contributed by atoms with Gasteiger partial charge in [-0.05, 0) is 51.3 Å². The van der Waals surface area contributed by atoms with E-state index in [1.54, 1.807) is 13.0 Å². The van der Waals surface area contributed by atoms with Gasteiger partial charge in [0, 0.05) is 17.0 Å².